The van der Waals surface area contributed by atoms with E-state index in [1.807, 2.05) is 36.4 Å². The van der Waals surface area contributed by atoms with Gasteiger partial charge in [-0.3, -0.25) is 9.80 Å². The van der Waals surface area contributed by atoms with Gasteiger partial charge in [0.05, 0.1) is 6.04 Å². The van der Waals surface area contributed by atoms with Crippen molar-refractivity contribution in [3.8, 4) is 0 Å². The number of azide groups is 1. The Bertz CT molecular complexity index is 1070. The second-order valence-corrected chi connectivity index (χ2v) is 8.03. The van der Waals surface area contributed by atoms with Gasteiger partial charge >= 0.3 is 0 Å². The minimum absolute atomic E-state index is 0.0431. The zero-order chi connectivity index (χ0) is 23.0. The van der Waals surface area contributed by atoms with Gasteiger partial charge in [-0.05, 0) is 46.5 Å². The Hall–Kier alpha value is -3.51. The van der Waals surface area contributed by atoms with Crippen LogP contribution in [0.5, 0.6) is 0 Å². The van der Waals surface area contributed by atoms with E-state index in [1.165, 1.54) is 24.3 Å². The first-order valence-electron chi connectivity index (χ1n) is 10.9. The van der Waals surface area contributed by atoms with Crippen LogP contribution in [0.1, 0.15) is 22.7 Å². The zero-order valence-electron chi connectivity index (χ0n) is 18.2. The average molecular weight is 446 g/mol. The second-order valence-electron chi connectivity index (χ2n) is 8.03. The van der Waals surface area contributed by atoms with Gasteiger partial charge in [-0.15, -0.1) is 0 Å². The van der Waals surface area contributed by atoms with Gasteiger partial charge in [0.15, 0.2) is 0 Å². The van der Waals surface area contributed by atoms with Crippen LogP contribution in [0.25, 0.3) is 16.5 Å². The molecule has 4 rings (SSSR count). The van der Waals surface area contributed by atoms with Crippen molar-refractivity contribution in [2.24, 2.45) is 5.11 Å². The highest BCUT2D eigenvalue weighted by atomic mass is 19.1. The van der Waals surface area contributed by atoms with E-state index in [0.29, 0.717) is 5.69 Å². The number of hydrogen-bond donors (Lipinski definition) is 0. The van der Waals surface area contributed by atoms with Crippen LogP contribution in [0.4, 0.5) is 14.5 Å². The van der Waals surface area contributed by atoms with Crippen molar-refractivity contribution in [3.63, 3.8) is 0 Å². The first-order valence-corrected chi connectivity index (χ1v) is 10.9. The van der Waals surface area contributed by atoms with Gasteiger partial charge in [-0.25, -0.2) is 8.78 Å². The lowest BCUT2D eigenvalue weighted by Crippen LogP contribution is -2.47. The molecule has 1 aliphatic rings. The molecule has 33 heavy (non-hydrogen) atoms. The van der Waals surface area contributed by atoms with E-state index in [2.05, 4.69) is 32.0 Å². The quantitative estimate of drug-likeness (QED) is 0.242. The molecule has 1 saturated heterocycles. The summed E-state index contributed by atoms with van der Waals surface area (Å²) in [5.41, 5.74) is 12.1. The molecule has 0 bridgehead atoms. The Morgan fingerprint density at radius 2 is 1.36 bits per heavy atom. The SMILES string of the molecule is [N-]=[N+]=Nc1ccc(/C=C/CN2CCN(C(c3ccc(F)cc3)c3ccc(F)cc3)CC2)cc1. The summed E-state index contributed by atoms with van der Waals surface area (Å²) >= 11 is 0. The van der Waals surface area contributed by atoms with Crippen molar-refractivity contribution in [1.82, 2.24) is 9.80 Å². The molecule has 1 fully saturated rings. The van der Waals surface area contributed by atoms with Crippen LogP contribution in [0.15, 0.2) is 84.0 Å². The fourth-order valence-corrected chi connectivity index (χ4v) is 4.15. The monoisotopic (exact) mass is 445 g/mol. The molecule has 0 radical (unpaired) electrons. The lowest BCUT2D eigenvalue weighted by Gasteiger charge is -2.39. The van der Waals surface area contributed by atoms with E-state index in [0.717, 1.165) is 49.4 Å². The minimum atomic E-state index is -0.263. The van der Waals surface area contributed by atoms with E-state index in [-0.39, 0.29) is 17.7 Å². The Kier molecular flexibility index (Phi) is 7.47. The number of hydrogen-bond acceptors (Lipinski definition) is 3. The molecule has 1 heterocycles. The van der Waals surface area contributed by atoms with Crippen molar-refractivity contribution in [2.45, 2.75) is 6.04 Å². The predicted octanol–water partition coefficient (Wildman–Crippen LogP) is 6.33. The maximum Gasteiger partial charge on any atom is 0.123 e. The van der Waals surface area contributed by atoms with E-state index in [9.17, 15) is 8.78 Å². The smallest absolute Gasteiger partial charge is 0.123 e. The summed E-state index contributed by atoms with van der Waals surface area (Å²) in [6, 6.07) is 20.6. The van der Waals surface area contributed by atoms with Crippen molar-refractivity contribution in [1.29, 1.82) is 0 Å². The Morgan fingerprint density at radius 1 is 0.818 bits per heavy atom. The molecule has 5 nitrogen and oxygen atoms in total. The number of rotatable bonds is 7. The maximum atomic E-state index is 13.5. The predicted molar refractivity (Wildman–Crippen MR) is 127 cm³/mol. The van der Waals surface area contributed by atoms with Gasteiger partial charge in [0.25, 0.3) is 0 Å². The average Bonchev–Trinajstić information content (AvgIpc) is 2.84. The number of piperazine rings is 1. The lowest BCUT2D eigenvalue weighted by atomic mass is 9.96. The van der Waals surface area contributed by atoms with E-state index in [4.69, 9.17) is 5.53 Å². The summed E-state index contributed by atoms with van der Waals surface area (Å²) in [4.78, 5) is 7.54. The normalized spacial score (nSPS) is 15.1. The largest absolute Gasteiger partial charge is 0.297 e. The summed E-state index contributed by atoms with van der Waals surface area (Å²) in [5, 5.41) is 3.58. The van der Waals surface area contributed by atoms with E-state index < -0.39 is 0 Å². The van der Waals surface area contributed by atoms with Crippen LogP contribution in [-0.2, 0) is 0 Å². The fraction of sp³-hybridized carbons (Fsp3) is 0.231. The van der Waals surface area contributed by atoms with E-state index in [1.54, 1.807) is 12.1 Å². The highest BCUT2D eigenvalue weighted by Crippen LogP contribution is 2.30. The molecular formula is C26H25F2N5. The molecule has 1 aliphatic heterocycles. The Morgan fingerprint density at radius 3 is 1.88 bits per heavy atom. The van der Waals surface area contributed by atoms with Gasteiger partial charge in [-0.1, -0.05) is 65.8 Å². The molecule has 0 unspecified atom stereocenters. The summed E-state index contributed by atoms with van der Waals surface area (Å²) < 4.78 is 27.0. The second kappa shape index (κ2) is 10.9. The van der Waals surface area contributed by atoms with E-state index >= 15 is 0 Å². The van der Waals surface area contributed by atoms with Crippen LogP contribution < -0.4 is 0 Å². The van der Waals surface area contributed by atoms with Crippen LogP contribution >= 0.6 is 0 Å². The fourth-order valence-electron chi connectivity index (χ4n) is 4.15. The van der Waals surface area contributed by atoms with Gasteiger partial charge in [0, 0.05) is 43.3 Å². The molecule has 0 N–H and O–H groups in total. The highest BCUT2D eigenvalue weighted by molar-refractivity contribution is 5.53. The molecule has 0 spiro atoms. The third-order valence-electron chi connectivity index (χ3n) is 5.87. The first-order chi connectivity index (χ1) is 16.1. The molecule has 168 valence electrons. The topological polar surface area (TPSA) is 55.2 Å². The minimum Gasteiger partial charge on any atom is -0.297 e. The molecular weight excluding hydrogens is 420 g/mol. The van der Waals surface area contributed by atoms with Crippen molar-refractivity contribution >= 4 is 11.8 Å². The first kappa shape index (κ1) is 22.7. The summed E-state index contributed by atoms with van der Waals surface area (Å²) in [7, 11) is 0. The third kappa shape index (κ3) is 6.05. The van der Waals surface area contributed by atoms with Crippen molar-refractivity contribution < 1.29 is 8.78 Å². The molecule has 7 heteroatoms. The van der Waals surface area contributed by atoms with Gasteiger partial charge in [0.1, 0.15) is 11.6 Å². The zero-order valence-corrected chi connectivity index (χ0v) is 18.2. The van der Waals surface area contributed by atoms with Gasteiger partial charge < -0.3 is 0 Å². The number of benzene rings is 3. The van der Waals surface area contributed by atoms with Gasteiger partial charge in [-0.2, -0.15) is 0 Å². The molecule has 0 atom stereocenters. The molecule has 0 saturated carbocycles. The van der Waals surface area contributed by atoms with Crippen molar-refractivity contribution in [2.75, 3.05) is 32.7 Å². The van der Waals surface area contributed by atoms with Gasteiger partial charge in [0.2, 0.25) is 0 Å². The van der Waals surface area contributed by atoms with Crippen LogP contribution in [0, 0.1) is 11.6 Å². The summed E-state index contributed by atoms with van der Waals surface area (Å²) in [5.74, 6) is -0.527. The molecule has 0 amide bonds. The number of halogens is 2. The molecule has 0 aliphatic carbocycles. The molecule has 3 aromatic carbocycles. The maximum absolute atomic E-state index is 13.5. The molecule has 0 aromatic heterocycles. The van der Waals surface area contributed by atoms with Crippen LogP contribution in [0.3, 0.4) is 0 Å². The number of nitrogens with zero attached hydrogens (tertiary/aromatic N) is 5. The van der Waals surface area contributed by atoms with Crippen LogP contribution in [0.2, 0.25) is 0 Å². The lowest BCUT2D eigenvalue weighted by molar-refractivity contribution is 0.118. The highest BCUT2D eigenvalue weighted by Gasteiger charge is 2.26. The third-order valence-corrected chi connectivity index (χ3v) is 5.87. The summed E-state index contributed by atoms with van der Waals surface area (Å²) in [6.07, 6.45) is 4.20. The standard InChI is InChI=1S/C26H25F2N5/c27-23-9-5-21(6-10-23)26(22-7-11-24(28)12-8-22)33-18-16-32(17-19-33)15-1-2-20-3-13-25(14-4-20)30-31-29/h1-14,26H,15-19H2/b2-1+. The summed E-state index contributed by atoms with van der Waals surface area (Å²) in [6.45, 7) is 4.35. The molecule has 3 aromatic rings. The Labute approximate surface area is 192 Å². The van der Waals surface area contributed by atoms with Crippen LogP contribution in [-0.4, -0.2) is 42.5 Å². The van der Waals surface area contributed by atoms with Crippen molar-refractivity contribution in [3.05, 3.63) is 118 Å². The Balaban J connectivity index is 1.39.